The number of carbonyl (C=O) groups excluding carboxylic acids is 2. The van der Waals surface area contributed by atoms with E-state index in [1.165, 1.54) is 44.9 Å². The fourth-order valence-corrected chi connectivity index (χ4v) is 3.16. The largest absolute Gasteiger partial charge is 0.370 e. The van der Waals surface area contributed by atoms with Gasteiger partial charge in [-0.05, 0) is 43.2 Å². The molecule has 1 saturated carbocycles. The van der Waals surface area contributed by atoms with Crippen molar-refractivity contribution in [3.05, 3.63) is 54.1 Å². The summed E-state index contributed by atoms with van der Waals surface area (Å²) in [4.78, 5) is 27.9. The number of primary amides is 1. The van der Waals surface area contributed by atoms with Crippen LogP contribution in [0, 0.1) is 11.7 Å². The van der Waals surface area contributed by atoms with Crippen molar-refractivity contribution in [2.45, 2.75) is 66.7 Å². The molecule has 0 spiro atoms. The van der Waals surface area contributed by atoms with Crippen molar-refractivity contribution in [2.24, 2.45) is 11.7 Å². The first-order valence-electron chi connectivity index (χ1n) is 11.3. The molecule has 2 heterocycles. The minimum atomic E-state index is -0.335. The molecule has 1 aromatic carbocycles. The van der Waals surface area contributed by atoms with Crippen LogP contribution in [0.25, 0.3) is 22.2 Å². The minimum absolute atomic E-state index is 0.0550. The van der Waals surface area contributed by atoms with E-state index in [4.69, 9.17) is 0 Å². The van der Waals surface area contributed by atoms with Gasteiger partial charge in [0.1, 0.15) is 5.82 Å². The number of amides is 1. The highest BCUT2D eigenvalue weighted by Gasteiger charge is 2.10. The second-order valence-corrected chi connectivity index (χ2v) is 7.59. The number of halogens is 1. The van der Waals surface area contributed by atoms with Gasteiger partial charge in [0.15, 0.2) is 5.78 Å². The van der Waals surface area contributed by atoms with Crippen LogP contribution in [0.4, 0.5) is 4.39 Å². The topological polar surface area (TPSA) is 88.8 Å². The Kier molecular flexibility index (Phi) is 11.9. The monoisotopic (exact) mass is 441 g/mol. The van der Waals surface area contributed by atoms with Gasteiger partial charge in [-0.1, -0.05) is 53.4 Å². The molecule has 1 amide bonds. The van der Waals surface area contributed by atoms with Crippen molar-refractivity contribution in [3.63, 3.8) is 0 Å². The number of pyridine rings is 1. The maximum Gasteiger partial charge on any atom is 0.217 e. The van der Waals surface area contributed by atoms with Crippen LogP contribution < -0.4 is 5.73 Å². The van der Waals surface area contributed by atoms with E-state index in [1.54, 1.807) is 31.3 Å². The van der Waals surface area contributed by atoms with Gasteiger partial charge in [-0.2, -0.15) is 0 Å². The van der Waals surface area contributed by atoms with Crippen molar-refractivity contribution >= 4 is 22.6 Å². The number of nitrogens with two attached hydrogens (primary N) is 1. The van der Waals surface area contributed by atoms with E-state index in [0.29, 0.717) is 23.2 Å². The Morgan fingerprint density at radius 3 is 2.22 bits per heavy atom. The Morgan fingerprint density at radius 1 is 1.16 bits per heavy atom. The van der Waals surface area contributed by atoms with Crippen molar-refractivity contribution in [3.8, 4) is 11.3 Å². The molecule has 0 atom stereocenters. The number of benzene rings is 1. The molecule has 0 aliphatic heterocycles. The number of nitrogens with zero attached hydrogens (tertiary/aromatic N) is 1. The van der Waals surface area contributed by atoms with Crippen LogP contribution in [0.15, 0.2) is 42.7 Å². The third kappa shape index (κ3) is 8.61. The van der Waals surface area contributed by atoms with E-state index >= 15 is 0 Å². The molecule has 1 aliphatic rings. The van der Waals surface area contributed by atoms with E-state index in [-0.39, 0.29) is 17.5 Å². The van der Waals surface area contributed by atoms with Crippen molar-refractivity contribution < 1.29 is 14.0 Å². The molecular weight excluding hydrogens is 405 g/mol. The molecule has 0 radical (unpaired) electrons. The summed E-state index contributed by atoms with van der Waals surface area (Å²) in [5, 5.41) is 0.925. The van der Waals surface area contributed by atoms with Gasteiger partial charge in [0.25, 0.3) is 0 Å². The highest BCUT2D eigenvalue weighted by Crippen LogP contribution is 2.26. The lowest BCUT2D eigenvalue weighted by molar-refractivity contribution is -0.117. The number of carbonyl (C=O) groups is 2. The third-order valence-corrected chi connectivity index (χ3v) is 5.08. The van der Waals surface area contributed by atoms with Crippen LogP contribution in [0.1, 0.15) is 77.1 Å². The van der Waals surface area contributed by atoms with Gasteiger partial charge in [0.2, 0.25) is 5.91 Å². The molecule has 4 rings (SSSR count). The SMILES string of the molecule is CC.CC(=O)c1ccc(-c2cc3cc[nH]c3cc2F)nc1.CC1CCCC1.CCC(N)=O. The molecule has 6 heteroatoms. The zero-order valence-electron chi connectivity index (χ0n) is 19.9. The number of H-pyrrole nitrogens is 1. The summed E-state index contributed by atoms with van der Waals surface area (Å²) in [5.41, 5.74) is 6.88. The number of aromatic nitrogens is 2. The number of rotatable bonds is 3. The number of hydrogen-bond acceptors (Lipinski definition) is 3. The lowest BCUT2D eigenvalue weighted by atomic mass is 10.1. The second-order valence-electron chi connectivity index (χ2n) is 7.59. The van der Waals surface area contributed by atoms with E-state index < -0.39 is 0 Å². The second kappa shape index (κ2) is 14.1. The van der Waals surface area contributed by atoms with Crippen molar-refractivity contribution in [2.75, 3.05) is 0 Å². The van der Waals surface area contributed by atoms with Gasteiger partial charge in [-0.15, -0.1) is 0 Å². The smallest absolute Gasteiger partial charge is 0.217 e. The number of aromatic amines is 1. The molecule has 3 aromatic rings. The Balaban J connectivity index is 0.000000324. The lowest BCUT2D eigenvalue weighted by Gasteiger charge is -2.04. The van der Waals surface area contributed by atoms with Gasteiger partial charge in [0, 0.05) is 40.8 Å². The number of nitrogens with one attached hydrogen (secondary N) is 1. The number of Topliss-reactive ketones (excluding diaryl/α,β-unsaturated/α-hetero) is 1. The predicted octanol–water partition coefficient (Wildman–Crippen LogP) is 6.68. The Morgan fingerprint density at radius 2 is 1.78 bits per heavy atom. The molecule has 0 bridgehead atoms. The molecule has 3 N–H and O–H groups in total. The summed E-state index contributed by atoms with van der Waals surface area (Å²) >= 11 is 0. The van der Waals surface area contributed by atoms with Gasteiger partial charge < -0.3 is 10.7 Å². The van der Waals surface area contributed by atoms with Crippen LogP contribution in [-0.2, 0) is 4.79 Å². The summed E-state index contributed by atoms with van der Waals surface area (Å²) in [6, 6.07) is 8.39. The van der Waals surface area contributed by atoms with Gasteiger partial charge in [-0.25, -0.2) is 4.39 Å². The molecule has 2 aromatic heterocycles. The summed E-state index contributed by atoms with van der Waals surface area (Å²) in [6.45, 7) is 9.54. The van der Waals surface area contributed by atoms with Crippen LogP contribution in [0.2, 0.25) is 0 Å². The van der Waals surface area contributed by atoms with E-state index in [1.807, 2.05) is 19.9 Å². The number of hydrogen-bond donors (Lipinski definition) is 2. The van der Waals surface area contributed by atoms with Crippen LogP contribution in [-0.4, -0.2) is 21.7 Å². The zero-order chi connectivity index (χ0) is 24.1. The lowest BCUT2D eigenvalue weighted by Crippen LogP contribution is -2.06. The van der Waals surface area contributed by atoms with Crippen LogP contribution >= 0.6 is 0 Å². The maximum atomic E-state index is 14.0. The third-order valence-electron chi connectivity index (χ3n) is 5.08. The first kappa shape index (κ1) is 27.0. The summed E-state index contributed by atoms with van der Waals surface area (Å²) in [6.07, 6.45) is 9.63. The van der Waals surface area contributed by atoms with Gasteiger partial charge >= 0.3 is 0 Å². The standard InChI is InChI=1S/C15H11FN2O.C6H12.C3H7NO.C2H6/c1-9(19)11-2-3-14(18-8-11)12-6-10-4-5-17-15(10)7-13(12)16;1-6-4-2-3-5-6;1-2-3(4)5;1-2/h2-8,17H,1H3;6H,2-5H2,1H3;2H2,1H3,(H2,4,5);1-2H3. The zero-order valence-corrected chi connectivity index (χ0v) is 19.9. The molecule has 0 unspecified atom stereocenters. The van der Waals surface area contributed by atoms with E-state index in [9.17, 15) is 14.0 Å². The molecular formula is C26H36FN3O2. The normalized spacial score (nSPS) is 12.6. The Labute approximate surface area is 190 Å². The number of ketones is 1. The predicted molar refractivity (Wildman–Crippen MR) is 130 cm³/mol. The first-order chi connectivity index (χ1) is 15.3. The molecule has 32 heavy (non-hydrogen) atoms. The average Bonchev–Trinajstić information content (AvgIpc) is 3.46. The van der Waals surface area contributed by atoms with Crippen molar-refractivity contribution in [1.82, 2.24) is 9.97 Å². The maximum absolute atomic E-state index is 14.0. The average molecular weight is 442 g/mol. The van der Waals surface area contributed by atoms with Gasteiger partial charge in [0.05, 0.1) is 5.69 Å². The summed E-state index contributed by atoms with van der Waals surface area (Å²) in [7, 11) is 0. The minimum Gasteiger partial charge on any atom is -0.370 e. The molecule has 1 aliphatic carbocycles. The summed E-state index contributed by atoms with van der Waals surface area (Å²) < 4.78 is 14.0. The van der Waals surface area contributed by atoms with Gasteiger partial charge in [-0.3, -0.25) is 14.6 Å². The number of fused-ring (bicyclic) bond motifs is 1. The molecule has 0 saturated heterocycles. The van der Waals surface area contributed by atoms with E-state index in [2.05, 4.69) is 22.6 Å². The highest BCUT2D eigenvalue weighted by atomic mass is 19.1. The highest BCUT2D eigenvalue weighted by molar-refractivity contribution is 5.94. The Hall–Kier alpha value is -3.02. The van der Waals surface area contributed by atoms with Crippen molar-refractivity contribution in [1.29, 1.82) is 0 Å². The molecule has 5 nitrogen and oxygen atoms in total. The first-order valence-corrected chi connectivity index (χ1v) is 11.3. The fourth-order valence-electron chi connectivity index (χ4n) is 3.16. The summed E-state index contributed by atoms with van der Waals surface area (Å²) in [5.74, 6) is 0.411. The van der Waals surface area contributed by atoms with Crippen LogP contribution in [0.5, 0.6) is 0 Å². The van der Waals surface area contributed by atoms with E-state index in [0.717, 1.165) is 16.8 Å². The quantitative estimate of drug-likeness (QED) is 0.444. The van der Waals surface area contributed by atoms with Crippen LogP contribution in [0.3, 0.4) is 0 Å². The Bertz CT molecular complexity index is 974. The molecule has 174 valence electrons. The molecule has 1 fully saturated rings. The fraction of sp³-hybridized carbons (Fsp3) is 0.423.